The number of hydrogen-bond donors (Lipinski definition) is 0. The molecule has 4 aromatic carbocycles. The molecular formula is C32H23NO2. The van der Waals surface area contributed by atoms with E-state index in [0.29, 0.717) is 0 Å². The van der Waals surface area contributed by atoms with Crippen molar-refractivity contribution in [2.45, 2.75) is 5.41 Å². The first-order valence-electron chi connectivity index (χ1n) is 11.6. The molecule has 3 nitrogen and oxygen atoms in total. The summed E-state index contributed by atoms with van der Waals surface area (Å²) in [4.78, 5) is 0. The van der Waals surface area contributed by atoms with Gasteiger partial charge in [-0.2, -0.15) is 5.26 Å². The molecule has 0 saturated heterocycles. The smallest absolute Gasteiger partial charge is 0.134 e. The molecule has 3 heteroatoms. The fourth-order valence-electron chi connectivity index (χ4n) is 5.51. The van der Waals surface area contributed by atoms with E-state index in [2.05, 4.69) is 60.7 Å². The summed E-state index contributed by atoms with van der Waals surface area (Å²) in [7, 11) is 3.33. The van der Waals surface area contributed by atoms with E-state index in [-0.39, 0.29) is 0 Å². The van der Waals surface area contributed by atoms with Gasteiger partial charge in [0.2, 0.25) is 0 Å². The minimum absolute atomic E-state index is 0.788. The Morgan fingerprint density at radius 1 is 0.629 bits per heavy atom. The lowest BCUT2D eigenvalue weighted by molar-refractivity contribution is 0.414. The van der Waals surface area contributed by atoms with Gasteiger partial charge in [0.05, 0.1) is 20.3 Å². The van der Waals surface area contributed by atoms with Crippen molar-refractivity contribution in [1.29, 1.82) is 5.26 Å². The summed E-state index contributed by atoms with van der Waals surface area (Å²) in [5, 5.41) is 11.0. The Balaban J connectivity index is 1.71. The fourth-order valence-corrected chi connectivity index (χ4v) is 5.51. The van der Waals surface area contributed by atoms with Crippen LogP contribution in [0.25, 0.3) is 27.8 Å². The monoisotopic (exact) mass is 453 g/mol. The van der Waals surface area contributed by atoms with Crippen LogP contribution in [-0.4, -0.2) is 14.2 Å². The number of fused-ring (bicyclic) bond motifs is 6. The molecule has 0 amide bonds. The van der Waals surface area contributed by atoms with Gasteiger partial charge in [-0.3, -0.25) is 0 Å². The summed E-state index contributed by atoms with van der Waals surface area (Å²) in [5.41, 5.74) is 8.55. The molecule has 0 spiro atoms. The number of allylic oxidation sites excluding steroid dienone is 4. The minimum Gasteiger partial charge on any atom is -0.497 e. The van der Waals surface area contributed by atoms with Crippen LogP contribution in [0.2, 0.25) is 0 Å². The summed E-state index contributed by atoms with van der Waals surface area (Å²) in [6.07, 6.45) is 2.20. The first-order chi connectivity index (χ1) is 17.2. The highest BCUT2D eigenvalue weighted by molar-refractivity contribution is 6.19. The van der Waals surface area contributed by atoms with E-state index in [1.807, 2.05) is 48.5 Å². The molecular weight excluding hydrogens is 430 g/mol. The van der Waals surface area contributed by atoms with Crippen molar-refractivity contribution in [1.82, 2.24) is 0 Å². The van der Waals surface area contributed by atoms with Gasteiger partial charge in [0.15, 0.2) is 0 Å². The maximum absolute atomic E-state index is 11.0. The van der Waals surface area contributed by atoms with Gasteiger partial charge >= 0.3 is 0 Å². The molecule has 0 radical (unpaired) electrons. The number of benzene rings is 4. The van der Waals surface area contributed by atoms with Crippen molar-refractivity contribution in [2.75, 3.05) is 14.2 Å². The summed E-state index contributed by atoms with van der Waals surface area (Å²) in [6.45, 7) is 0. The second-order valence-electron chi connectivity index (χ2n) is 8.76. The van der Waals surface area contributed by atoms with Crippen LogP contribution in [0.5, 0.6) is 11.5 Å². The van der Waals surface area contributed by atoms with E-state index in [4.69, 9.17) is 9.47 Å². The molecule has 0 bridgehead atoms. The standard InChI is InChI=1S/C32H23NO2/c1-34-23-15-11-21(12-16-23)28-19-30(22-13-17-24(35-2)18-14-22)32(20-33)29-10-6-5-8-26(29)25-7-3-4-9-27(25)31(28)32/h3-19H,1-2H3/t32-/m0/s1. The molecule has 4 aromatic rings. The van der Waals surface area contributed by atoms with E-state index in [1.54, 1.807) is 14.2 Å². The number of nitriles is 1. The van der Waals surface area contributed by atoms with E-state index in [0.717, 1.165) is 61.6 Å². The van der Waals surface area contributed by atoms with Crippen LogP contribution < -0.4 is 9.47 Å². The Morgan fingerprint density at radius 2 is 1.17 bits per heavy atom. The molecule has 0 aromatic heterocycles. The Morgan fingerprint density at radius 3 is 1.77 bits per heavy atom. The van der Waals surface area contributed by atoms with Crippen molar-refractivity contribution in [3.8, 4) is 28.7 Å². The molecule has 6 rings (SSSR count). The fraction of sp³-hybridized carbons (Fsp3) is 0.0938. The molecule has 168 valence electrons. The van der Waals surface area contributed by atoms with Crippen LogP contribution in [0.4, 0.5) is 0 Å². The van der Waals surface area contributed by atoms with Gasteiger partial charge in [0, 0.05) is 0 Å². The first kappa shape index (κ1) is 21.0. The molecule has 0 saturated carbocycles. The van der Waals surface area contributed by atoms with Crippen LogP contribution in [-0.2, 0) is 5.41 Å². The molecule has 2 aliphatic rings. The number of rotatable bonds is 4. The number of ether oxygens (including phenoxy) is 2. The van der Waals surface area contributed by atoms with Gasteiger partial charge in [0.1, 0.15) is 16.9 Å². The Hall–Kier alpha value is -4.55. The summed E-state index contributed by atoms with van der Waals surface area (Å²) in [5.74, 6) is 1.59. The maximum atomic E-state index is 11.0. The lowest BCUT2D eigenvalue weighted by atomic mass is 9.62. The molecule has 35 heavy (non-hydrogen) atoms. The molecule has 0 aliphatic heterocycles. The molecule has 0 heterocycles. The maximum Gasteiger partial charge on any atom is 0.134 e. The average Bonchev–Trinajstić information content (AvgIpc) is 3.30. The second kappa shape index (κ2) is 8.04. The van der Waals surface area contributed by atoms with Crippen LogP contribution in [0, 0.1) is 11.3 Å². The van der Waals surface area contributed by atoms with Crippen LogP contribution >= 0.6 is 0 Å². The third kappa shape index (κ3) is 2.97. The van der Waals surface area contributed by atoms with Crippen molar-refractivity contribution in [3.63, 3.8) is 0 Å². The van der Waals surface area contributed by atoms with Crippen LogP contribution in [0.15, 0.2) is 103 Å². The van der Waals surface area contributed by atoms with Gasteiger partial charge in [-0.25, -0.2) is 0 Å². The molecule has 1 atom stereocenters. The predicted octanol–water partition coefficient (Wildman–Crippen LogP) is 7.15. The van der Waals surface area contributed by atoms with Crippen molar-refractivity contribution in [3.05, 3.63) is 125 Å². The normalized spacial score (nSPS) is 17.6. The van der Waals surface area contributed by atoms with E-state index < -0.39 is 5.41 Å². The first-order valence-corrected chi connectivity index (χ1v) is 11.6. The zero-order valence-corrected chi connectivity index (χ0v) is 19.6. The highest BCUT2D eigenvalue weighted by Crippen LogP contribution is 2.61. The zero-order valence-electron chi connectivity index (χ0n) is 19.6. The van der Waals surface area contributed by atoms with E-state index in [9.17, 15) is 5.26 Å². The second-order valence-corrected chi connectivity index (χ2v) is 8.76. The van der Waals surface area contributed by atoms with Crippen molar-refractivity contribution >= 4 is 16.7 Å². The summed E-state index contributed by atoms with van der Waals surface area (Å²) >= 11 is 0. The molecule has 2 aliphatic carbocycles. The lowest BCUT2D eigenvalue weighted by Gasteiger charge is -2.37. The Labute approximate surface area is 205 Å². The SMILES string of the molecule is COc1ccc(C2=CC(c3ccc(OC)cc3)=C3c4ccccc4-c4ccccc4[C@@]23C#N)cc1. The topological polar surface area (TPSA) is 42.2 Å². The van der Waals surface area contributed by atoms with Crippen LogP contribution in [0.3, 0.4) is 0 Å². The highest BCUT2D eigenvalue weighted by Gasteiger charge is 2.50. The summed E-state index contributed by atoms with van der Waals surface area (Å²) in [6, 6.07) is 35.6. The van der Waals surface area contributed by atoms with Gasteiger partial charge in [-0.15, -0.1) is 0 Å². The van der Waals surface area contributed by atoms with Gasteiger partial charge in [-0.05, 0) is 80.4 Å². The van der Waals surface area contributed by atoms with Crippen molar-refractivity contribution in [2.24, 2.45) is 0 Å². The molecule has 0 N–H and O–H groups in total. The van der Waals surface area contributed by atoms with E-state index >= 15 is 0 Å². The summed E-state index contributed by atoms with van der Waals surface area (Å²) < 4.78 is 10.8. The Kier molecular flexibility index (Phi) is 4.83. The van der Waals surface area contributed by atoms with Crippen molar-refractivity contribution < 1.29 is 9.47 Å². The molecule has 0 unspecified atom stereocenters. The average molecular weight is 454 g/mol. The highest BCUT2D eigenvalue weighted by atomic mass is 16.5. The number of hydrogen-bond acceptors (Lipinski definition) is 3. The lowest BCUT2D eigenvalue weighted by Crippen LogP contribution is -2.29. The number of methoxy groups -OCH3 is 2. The van der Waals surface area contributed by atoms with Gasteiger partial charge in [-0.1, -0.05) is 72.8 Å². The largest absolute Gasteiger partial charge is 0.497 e. The third-order valence-corrected chi connectivity index (χ3v) is 7.12. The minimum atomic E-state index is -0.936. The van der Waals surface area contributed by atoms with Crippen LogP contribution in [0.1, 0.15) is 22.3 Å². The zero-order chi connectivity index (χ0) is 24.0. The predicted molar refractivity (Wildman–Crippen MR) is 140 cm³/mol. The van der Waals surface area contributed by atoms with E-state index in [1.165, 1.54) is 0 Å². The quantitative estimate of drug-likeness (QED) is 0.329. The van der Waals surface area contributed by atoms with Gasteiger partial charge < -0.3 is 9.47 Å². The van der Waals surface area contributed by atoms with Gasteiger partial charge in [0.25, 0.3) is 0 Å². The molecule has 0 fully saturated rings. The third-order valence-electron chi connectivity index (χ3n) is 7.12. The number of nitrogens with zero attached hydrogens (tertiary/aromatic N) is 1. The Bertz CT molecular complexity index is 1550.